The maximum Gasteiger partial charge on any atom is 0.255 e. The summed E-state index contributed by atoms with van der Waals surface area (Å²) in [6.45, 7) is 7.52. The molecule has 1 N–H and O–H groups in total. The number of aromatic nitrogens is 1. The van der Waals surface area contributed by atoms with Crippen LogP contribution in [-0.4, -0.2) is 17.3 Å². The van der Waals surface area contributed by atoms with Gasteiger partial charge in [0.05, 0.1) is 6.20 Å². The van der Waals surface area contributed by atoms with Crippen molar-refractivity contribution in [2.75, 3.05) is 12.3 Å². The Hall–Kier alpha value is -1.26. The monoisotopic (exact) mass is 290 g/mol. The Kier molecular flexibility index (Phi) is 5.68. The molecule has 0 radical (unpaired) electrons. The van der Waals surface area contributed by atoms with Gasteiger partial charge in [0.2, 0.25) is 0 Å². The van der Waals surface area contributed by atoms with E-state index in [4.69, 9.17) is 4.42 Å². The Balaban J connectivity index is 2.11. The number of benzene rings is 1. The van der Waals surface area contributed by atoms with Crippen LogP contribution in [-0.2, 0) is 0 Å². The molecule has 1 aromatic carbocycles. The van der Waals surface area contributed by atoms with E-state index in [1.807, 2.05) is 0 Å². The van der Waals surface area contributed by atoms with Gasteiger partial charge in [-0.05, 0) is 37.9 Å². The predicted molar refractivity (Wildman–Crippen MR) is 84.2 cm³/mol. The van der Waals surface area contributed by atoms with Gasteiger partial charge in [0, 0.05) is 11.8 Å². The van der Waals surface area contributed by atoms with E-state index in [0.717, 1.165) is 23.9 Å². The summed E-state index contributed by atoms with van der Waals surface area (Å²) in [6.07, 6.45) is 4.44. The molecule has 0 amide bonds. The lowest BCUT2D eigenvalue weighted by atomic mass is 10.00. The number of aryl methyl sites for hydroxylation is 2. The van der Waals surface area contributed by atoms with E-state index < -0.39 is 0 Å². The van der Waals surface area contributed by atoms with Crippen LogP contribution in [0.2, 0.25) is 0 Å². The van der Waals surface area contributed by atoms with Crippen molar-refractivity contribution in [2.45, 2.75) is 38.5 Å². The van der Waals surface area contributed by atoms with Crippen molar-refractivity contribution in [3.8, 4) is 0 Å². The van der Waals surface area contributed by atoms with Gasteiger partial charge in [0.15, 0.2) is 0 Å². The molecule has 2 aromatic rings. The second-order valence-electron chi connectivity index (χ2n) is 4.98. The molecule has 0 saturated heterocycles. The second-order valence-corrected chi connectivity index (χ2v) is 5.95. The molecule has 3 nitrogen and oxygen atoms in total. The molecule has 0 aliphatic carbocycles. The number of oxazole rings is 1. The van der Waals surface area contributed by atoms with Gasteiger partial charge in [-0.15, -0.1) is 0 Å². The first-order valence-corrected chi connectivity index (χ1v) is 8.02. The highest BCUT2D eigenvalue weighted by Crippen LogP contribution is 2.26. The van der Waals surface area contributed by atoms with E-state index in [2.05, 4.69) is 49.3 Å². The highest BCUT2D eigenvalue weighted by atomic mass is 32.2. The fraction of sp³-hybridized carbons (Fsp3) is 0.438. The van der Waals surface area contributed by atoms with Crippen molar-refractivity contribution < 1.29 is 4.42 Å². The summed E-state index contributed by atoms with van der Waals surface area (Å²) >= 11 is 1.65. The van der Waals surface area contributed by atoms with Crippen LogP contribution in [0.5, 0.6) is 0 Å². The molecule has 1 heterocycles. The average molecular weight is 290 g/mol. The lowest BCUT2D eigenvalue weighted by Crippen LogP contribution is -2.25. The normalized spacial score (nSPS) is 12.6. The molecule has 1 atom stereocenters. The minimum atomic E-state index is 0.326. The fourth-order valence-corrected chi connectivity index (χ4v) is 3.01. The fourth-order valence-electron chi connectivity index (χ4n) is 2.15. The number of hydrogen-bond acceptors (Lipinski definition) is 4. The van der Waals surface area contributed by atoms with E-state index in [0.29, 0.717) is 6.04 Å². The molecule has 0 aliphatic heterocycles. The number of hydrogen-bond donors (Lipinski definition) is 1. The summed E-state index contributed by atoms with van der Waals surface area (Å²) in [4.78, 5) is 4.17. The Bertz CT molecular complexity index is 525. The van der Waals surface area contributed by atoms with Gasteiger partial charge in [0.25, 0.3) is 5.22 Å². The maximum absolute atomic E-state index is 5.30. The van der Waals surface area contributed by atoms with Crippen LogP contribution in [0.4, 0.5) is 0 Å². The molecule has 0 spiro atoms. The third kappa shape index (κ3) is 4.12. The Morgan fingerprint density at radius 1 is 1.35 bits per heavy atom. The van der Waals surface area contributed by atoms with Gasteiger partial charge in [-0.3, -0.25) is 0 Å². The zero-order valence-electron chi connectivity index (χ0n) is 12.3. The van der Waals surface area contributed by atoms with Crippen molar-refractivity contribution in [1.29, 1.82) is 0 Å². The lowest BCUT2D eigenvalue weighted by molar-refractivity contribution is 0.453. The van der Waals surface area contributed by atoms with E-state index in [-0.39, 0.29) is 0 Å². The van der Waals surface area contributed by atoms with Crippen LogP contribution in [0.15, 0.2) is 40.3 Å². The average Bonchev–Trinajstić information content (AvgIpc) is 2.95. The van der Waals surface area contributed by atoms with Gasteiger partial charge in [0.1, 0.15) is 6.26 Å². The standard InChI is InChI=1S/C16H22N2OS/c1-4-7-17-15(11-20-16-18-8-9-19-16)14-10-12(2)5-6-13(14)3/h5-6,8-10,15,17H,4,7,11H2,1-3H3. The molecule has 0 fully saturated rings. The van der Waals surface area contributed by atoms with E-state index in [1.54, 1.807) is 24.2 Å². The van der Waals surface area contributed by atoms with Gasteiger partial charge in [-0.25, -0.2) is 4.98 Å². The molecule has 20 heavy (non-hydrogen) atoms. The minimum Gasteiger partial charge on any atom is -0.440 e. The van der Waals surface area contributed by atoms with Crippen LogP contribution >= 0.6 is 11.8 Å². The van der Waals surface area contributed by atoms with E-state index in [1.165, 1.54) is 16.7 Å². The SMILES string of the molecule is CCCNC(CSc1ncco1)c1cc(C)ccc1C. The summed E-state index contributed by atoms with van der Waals surface area (Å²) in [7, 11) is 0. The molecule has 0 bridgehead atoms. The Morgan fingerprint density at radius 2 is 2.20 bits per heavy atom. The number of rotatable bonds is 7. The van der Waals surface area contributed by atoms with Gasteiger partial charge in [-0.1, -0.05) is 42.4 Å². The summed E-state index contributed by atoms with van der Waals surface area (Å²) in [6, 6.07) is 6.96. The zero-order chi connectivity index (χ0) is 14.4. The van der Waals surface area contributed by atoms with Crippen molar-refractivity contribution >= 4 is 11.8 Å². The van der Waals surface area contributed by atoms with Crippen molar-refractivity contribution in [2.24, 2.45) is 0 Å². The number of thioether (sulfide) groups is 1. The van der Waals surface area contributed by atoms with Gasteiger partial charge < -0.3 is 9.73 Å². The molecular weight excluding hydrogens is 268 g/mol. The van der Waals surface area contributed by atoms with Crippen LogP contribution < -0.4 is 5.32 Å². The zero-order valence-corrected chi connectivity index (χ0v) is 13.2. The summed E-state index contributed by atoms with van der Waals surface area (Å²) in [5, 5.41) is 4.36. The molecule has 2 rings (SSSR count). The molecule has 4 heteroatoms. The molecular formula is C16H22N2OS. The maximum atomic E-state index is 5.30. The molecule has 108 valence electrons. The van der Waals surface area contributed by atoms with Crippen LogP contribution in [0.25, 0.3) is 0 Å². The third-order valence-electron chi connectivity index (χ3n) is 3.23. The highest BCUT2D eigenvalue weighted by molar-refractivity contribution is 7.99. The van der Waals surface area contributed by atoms with E-state index in [9.17, 15) is 0 Å². The second kappa shape index (κ2) is 7.50. The molecule has 0 saturated carbocycles. The predicted octanol–water partition coefficient (Wildman–Crippen LogP) is 4.12. The smallest absolute Gasteiger partial charge is 0.255 e. The van der Waals surface area contributed by atoms with Gasteiger partial charge in [-0.2, -0.15) is 0 Å². The summed E-state index contributed by atoms with van der Waals surface area (Å²) < 4.78 is 5.30. The lowest BCUT2D eigenvalue weighted by Gasteiger charge is -2.20. The first-order valence-electron chi connectivity index (χ1n) is 7.03. The van der Waals surface area contributed by atoms with Crippen LogP contribution in [0.1, 0.15) is 36.1 Å². The van der Waals surface area contributed by atoms with Crippen molar-refractivity contribution in [1.82, 2.24) is 10.3 Å². The minimum absolute atomic E-state index is 0.326. The first-order chi connectivity index (χ1) is 9.70. The molecule has 1 aromatic heterocycles. The van der Waals surface area contributed by atoms with E-state index >= 15 is 0 Å². The molecule has 1 unspecified atom stereocenters. The Labute approximate surface area is 125 Å². The molecule has 0 aliphatic rings. The van der Waals surface area contributed by atoms with Crippen LogP contribution in [0, 0.1) is 13.8 Å². The summed E-state index contributed by atoms with van der Waals surface area (Å²) in [5.74, 6) is 0.921. The van der Waals surface area contributed by atoms with Gasteiger partial charge >= 0.3 is 0 Å². The number of nitrogens with one attached hydrogen (secondary N) is 1. The first kappa shape index (κ1) is 15.1. The summed E-state index contributed by atoms with van der Waals surface area (Å²) in [5.41, 5.74) is 4.00. The largest absolute Gasteiger partial charge is 0.440 e. The van der Waals surface area contributed by atoms with Crippen LogP contribution in [0.3, 0.4) is 0 Å². The topological polar surface area (TPSA) is 38.1 Å². The quantitative estimate of drug-likeness (QED) is 0.778. The van der Waals surface area contributed by atoms with Crippen molar-refractivity contribution in [3.63, 3.8) is 0 Å². The number of nitrogens with zero attached hydrogens (tertiary/aromatic N) is 1. The Morgan fingerprint density at radius 3 is 2.90 bits per heavy atom. The highest BCUT2D eigenvalue weighted by Gasteiger charge is 2.15. The third-order valence-corrected chi connectivity index (χ3v) is 4.18. The van der Waals surface area contributed by atoms with Crippen molar-refractivity contribution in [3.05, 3.63) is 47.3 Å².